The van der Waals surface area contributed by atoms with Crippen molar-refractivity contribution in [2.75, 3.05) is 36.4 Å². The Morgan fingerprint density at radius 3 is 2.55 bits per heavy atom. The van der Waals surface area contributed by atoms with E-state index in [1.165, 1.54) is 25.7 Å². The zero-order valence-corrected chi connectivity index (χ0v) is 23.7. The van der Waals surface area contributed by atoms with Crippen molar-refractivity contribution >= 4 is 40.9 Å². The minimum Gasteiger partial charge on any atom is -0.481 e. The maximum Gasteiger partial charge on any atom is 0.309 e. The lowest BCUT2D eigenvalue weighted by Crippen LogP contribution is -2.58. The lowest BCUT2D eigenvalue weighted by Gasteiger charge is -2.52. The van der Waals surface area contributed by atoms with Crippen molar-refractivity contribution in [3.05, 3.63) is 45.6 Å². The second-order valence-electron chi connectivity index (χ2n) is 12.3. The summed E-state index contributed by atoms with van der Waals surface area (Å²) < 4.78 is 0. The Morgan fingerprint density at radius 2 is 1.87 bits per heavy atom. The van der Waals surface area contributed by atoms with Gasteiger partial charge in [0, 0.05) is 47.7 Å². The summed E-state index contributed by atoms with van der Waals surface area (Å²) in [5, 5.41) is 14.3. The first-order valence-corrected chi connectivity index (χ1v) is 14.8. The van der Waals surface area contributed by atoms with E-state index in [0.29, 0.717) is 33.8 Å². The van der Waals surface area contributed by atoms with Gasteiger partial charge >= 0.3 is 5.97 Å². The van der Waals surface area contributed by atoms with Crippen LogP contribution in [0.5, 0.6) is 0 Å². The molecule has 0 bridgehead atoms. The Balaban J connectivity index is 1.09. The second-order valence-corrected chi connectivity index (χ2v) is 13.1. The Bertz CT molecular complexity index is 1210. The van der Waals surface area contributed by atoms with Gasteiger partial charge in [0.1, 0.15) is 5.82 Å². The number of hydrogen-bond donors (Lipinski definition) is 2. The molecule has 0 radical (unpaired) electrons. The number of benzene rings is 1. The zero-order chi connectivity index (χ0) is 26.6. The van der Waals surface area contributed by atoms with Gasteiger partial charge in [-0.3, -0.25) is 4.79 Å². The molecule has 1 aromatic carbocycles. The summed E-state index contributed by atoms with van der Waals surface area (Å²) in [6.07, 6.45) is 6.40. The molecule has 4 fully saturated rings. The molecule has 2 aliphatic carbocycles. The molecule has 9 heteroatoms. The quantitative estimate of drug-likeness (QED) is 0.397. The number of likely N-dealkylation sites (tertiary alicyclic amines) is 1. The van der Waals surface area contributed by atoms with Crippen LogP contribution in [-0.2, 0) is 4.79 Å². The number of carboxylic acids is 1. The first-order chi connectivity index (χ1) is 18.2. The van der Waals surface area contributed by atoms with E-state index >= 15 is 0 Å². The van der Waals surface area contributed by atoms with Crippen LogP contribution >= 0.6 is 23.2 Å². The third kappa shape index (κ3) is 5.22. The predicted molar refractivity (Wildman–Crippen MR) is 151 cm³/mol. The van der Waals surface area contributed by atoms with Crippen molar-refractivity contribution in [1.29, 1.82) is 0 Å². The van der Waals surface area contributed by atoms with E-state index in [-0.39, 0.29) is 6.04 Å². The normalized spacial score (nSPS) is 28.9. The number of halogens is 2. The molecular weight excluding hydrogens is 521 g/mol. The van der Waals surface area contributed by atoms with Gasteiger partial charge in [-0.2, -0.15) is 4.98 Å². The van der Waals surface area contributed by atoms with Crippen molar-refractivity contribution in [1.82, 2.24) is 14.9 Å². The topological polar surface area (TPSA) is 81.6 Å². The third-order valence-electron chi connectivity index (χ3n) is 9.28. The number of rotatable bonds is 8. The Hall–Kier alpha value is -2.09. The molecule has 2 saturated carbocycles. The average Bonchev–Trinajstić information content (AvgIpc) is 3.66. The number of aliphatic carboxylic acids is 1. The van der Waals surface area contributed by atoms with Gasteiger partial charge in [0.15, 0.2) is 0 Å². The molecule has 2 aromatic rings. The van der Waals surface area contributed by atoms with Crippen LogP contribution in [0.2, 0.25) is 10.0 Å². The van der Waals surface area contributed by atoms with Crippen molar-refractivity contribution in [2.24, 2.45) is 17.3 Å². The number of nitrogens with zero attached hydrogens (tertiary/aromatic N) is 4. The number of piperidine rings is 1. The summed E-state index contributed by atoms with van der Waals surface area (Å²) in [7, 11) is 0. The average molecular weight is 559 g/mol. The molecule has 0 unspecified atom stereocenters. The van der Waals surface area contributed by atoms with Gasteiger partial charge in [-0.1, -0.05) is 29.3 Å². The van der Waals surface area contributed by atoms with Crippen molar-refractivity contribution in [3.8, 4) is 0 Å². The van der Waals surface area contributed by atoms with Gasteiger partial charge in [-0.05, 0) is 88.4 Å². The van der Waals surface area contributed by atoms with Crippen LogP contribution < -0.4 is 10.2 Å². The molecule has 0 amide bonds. The molecule has 7 nitrogen and oxygen atoms in total. The van der Waals surface area contributed by atoms with E-state index in [0.717, 1.165) is 62.0 Å². The predicted octanol–water partition coefficient (Wildman–Crippen LogP) is 6.24. The number of anilines is 2. The molecule has 2 saturated heterocycles. The summed E-state index contributed by atoms with van der Waals surface area (Å²) in [6, 6.07) is 8.12. The van der Waals surface area contributed by atoms with E-state index in [1.807, 2.05) is 19.1 Å². The first-order valence-electron chi connectivity index (χ1n) is 14.0. The molecule has 38 heavy (non-hydrogen) atoms. The van der Waals surface area contributed by atoms with Crippen LogP contribution in [0.15, 0.2) is 24.3 Å². The highest BCUT2D eigenvalue weighted by Crippen LogP contribution is 2.46. The zero-order valence-electron chi connectivity index (χ0n) is 22.2. The monoisotopic (exact) mass is 557 g/mol. The maximum atomic E-state index is 11.5. The number of nitrogens with one attached hydrogen (secondary N) is 1. The van der Waals surface area contributed by atoms with Gasteiger partial charge in [0.2, 0.25) is 5.95 Å². The fourth-order valence-electron chi connectivity index (χ4n) is 6.55. The number of hydrogen-bond acceptors (Lipinski definition) is 6. The van der Waals surface area contributed by atoms with Gasteiger partial charge in [-0.25, -0.2) is 4.98 Å². The van der Waals surface area contributed by atoms with Gasteiger partial charge in [-0.15, -0.1) is 0 Å². The van der Waals surface area contributed by atoms with Crippen LogP contribution in [0.3, 0.4) is 0 Å². The van der Waals surface area contributed by atoms with E-state index in [9.17, 15) is 9.90 Å². The summed E-state index contributed by atoms with van der Waals surface area (Å²) in [4.78, 5) is 26.3. The van der Waals surface area contributed by atoms with E-state index < -0.39 is 11.4 Å². The Kier molecular flexibility index (Phi) is 6.98. The highest BCUT2D eigenvalue weighted by Gasteiger charge is 2.49. The molecule has 1 aromatic heterocycles. The Labute approximate surface area is 234 Å². The lowest BCUT2D eigenvalue weighted by molar-refractivity contribution is -0.158. The summed E-state index contributed by atoms with van der Waals surface area (Å²) in [6.45, 7) is 8.15. The maximum absolute atomic E-state index is 11.5. The summed E-state index contributed by atoms with van der Waals surface area (Å²) >= 11 is 12.6. The van der Waals surface area contributed by atoms with E-state index in [4.69, 9.17) is 33.2 Å². The van der Waals surface area contributed by atoms with Gasteiger partial charge in [0.05, 0.1) is 17.2 Å². The number of carbonyl (C=O) groups is 1. The van der Waals surface area contributed by atoms with Crippen LogP contribution in [0.25, 0.3) is 0 Å². The highest BCUT2D eigenvalue weighted by molar-refractivity contribution is 6.35. The molecule has 4 aliphatic rings. The minimum atomic E-state index is -0.648. The fourth-order valence-corrected chi connectivity index (χ4v) is 7.12. The molecule has 0 spiro atoms. The van der Waals surface area contributed by atoms with Gasteiger partial charge < -0.3 is 20.2 Å². The number of aromatic nitrogens is 2. The Morgan fingerprint density at radius 1 is 1.11 bits per heavy atom. The highest BCUT2D eigenvalue weighted by atomic mass is 35.5. The largest absolute Gasteiger partial charge is 0.481 e. The first kappa shape index (κ1) is 26.1. The fraction of sp³-hybridized carbons (Fsp3) is 0.621. The van der Waals surface area contributed by atoms with E-state index in [2.05, 4.69) is 28.1 Å². The van der Waals surface area contributed by atoms with Crippen molar-refractivity contribution in [2.45, 2.75) is 70.4 Å². The standard InChI is InChI=1S/C29H37Cl2N5O2/c1-17(23-8-7-21(30)10-24(23)31)32-26-11-25(18-5-6-18)33-28(34-26)36-15-20(16-36)19-4-3-9-35(14-19)22-12-29(2,13-22)27(37)38/h7-8,10-11,17-20,22H,3-6,9,12-16H2,1-2H3,(H,37,38)(H,32,33,34)/t17-,19+,22-,29-/m1/s1. The minimum absolute atomic E-state index is 0.0126. The SMILES string of the molecule is C[C@@H](Nc1cc(C2CC2)nc(N2CC([C@H]3CCCN([C@H]4C[C@](C)(C(=O)O)C4)C3)C2)n1)c1ccc(Cl)cc1Cl. The smallest absolute Gasteiger partial charge is 0.309 e. The second kappa shape index (κ2) is 10.1. The van der Waals surface area contributed by atoms with Crippen molar-refractivity contribution < 1.29 is 9.90 Å². The van der Waals surface area contributed by atoms with E-state index in [1.54, 1.807) is 6.07 Å². The molecular formula is C29H37Cl2N5O2. The summed E-state index contributed by atoms with van der Waals surface area (Å²) in [5.41, 5.74) is 1.59. The molecule has 204 valence electrons. The third-order valence-corrected chi connectivity index (χ3v) is 9.84. The van der Waals surface area contributed by atoms with Crippen LogP contribution in [0, 0.1) is 17.3 Å². The van der Waals surface area contributed by atoms with Crippen LogP contribution in [-0.4, -0.2) is 58.2 Å². The summed E-state index contributed by atoms with van der Waals surface area (Å²) in [5.74, 6) is 2.85. The molecule has 6 rings (SSSR count). The van der Waals surface area contributed by atoms with Crippen molar-refractivity contribution in [3.63, 3.8) is 0 Å². The van der Waals surface area contributed by atoms with Crippen LogP contribution in [0.1, 0.15) is 75.6 Å². The van der Waals surface area contributed by atoms with Crippen LogP contribution in [0.4, 0.5) is 11.8 Å². The molecule has 2 aliphatic heterocycles. The lowest BCUT2D eigenvalue weighted by atomic mass is 9.65. The number of carboxylic acid groups (broad SMARTS) is 1. The molecule has 2 N–H and O–H groups in total. The molecule has 3 heterocycles. The van der Waals surface area contributed by atoms with Gasteiger partial charge in [0.25, 0.3) is 0 Å². The molecule has 2 atom stereocenters.